The van der Waals surface area contributed by atoms with Gasteiger partial charge >= 0.3 is 5.97 Å². The number of carbonyl (C=O) groups is 1. The molecule has 0 aliphatic heterocycles. The molecule has 0 aromatic rings. The van der Waals surface area contributed by atoms with E-state index in [4.69, 9.17) is 23.7 Å². The lowest BCUT2D eigenvalue weighted by Crippen LogP contribution is -2.13. The van der Waals surface area contributed by atoms with Crippen molar-refractivity contribution >= 4 is 5.97 Å². The Morgan fingerprint density at radius 3 is 1.52 bits per heavy atom. The van der Waals surface area contributed by atoms with Gasteiger partial charge in [0.15, 0.2) is 0 Å². The third-order valence-corrected chi connectivity index (χ3v) is 5.39. The molecule has 33 heavy (non-hydrogen) atoms. The van der Waals surface area contributed by atoms with E-state index in [2.05, 4.69) is 20.8 Å². The highest BCUT2D eigenvalue weighted by atomic mass is 16.6. The minimum absolute atomic E-state index is 0.115. The molecule has 0 unspecified atom stereocenters. The van der Waals surface area contributed by atoms with Crippen LogP contribution in [-0.2, 0) is 28.5 Å². The van der Waals surface area contributed by atoms with Gasteiger partial charge in [0.05, 0.1) is 46.2 Å². The minimum Gasteiger partial charge on any atom is -0.466 e. The van der Waals surface area contributed by atoms with Gasteiger partial charge < -0.3 is 23.7 Å². The molecule has 0 heterocycles. The van der Waals surface area contributed by atoms with Crippen LogP contribution in [0.1, 0.15) is 104 Å². The van der Waals surface area contributed by atoms with Crippen LogP contribution < -0.4 is 0 Å². The average molecular weight is 475 g/mol. The summed E-state index contributed by atoms with van der Waals surface area (Å²) >= 11 is 0. The van der Waals surface area contributed by atoms with Crippen molar-refractivity contribution in [3.05, 3.63) is 0 Å². The molecule has 198 valence electrons. The fourth-order valence-corrected chi connectivity index (χ4v) is 3.25. The van der Waals surface area contributed by atoms with E-state index in [1.54, 1.807) is 0 Å². The van der Waals surface area contributed by atoms with Crippen LogP contribution in [0.25, 0.3) is 0 Å². The van der Waals surface area contributed by atoms with E-state index in [1.807, 2.05) is 0 Å². The Balaban J connectivity index is 3.14. The van der Waals surface area contributed by atoms with Gasteiger partial charge in [-0.05, 0) is 25.2 Å². The molecule has 0 radical (unpaired) electrons. The SMILES string of the molecule is CCCCCCCCCCCCOC(=O)CCCOCCOCCOCCOCCC(C)C. The summed E-state index contributed by atoms with van der Waals surface area (Å²) in [5.74, 6) is 0.561. The highest BCUT2D eigenvalue weighted by molar-refractivity contribution is 5.69. The molecule has 0 bridgehead atoms. The van der Waals surface area contributed by atoms with E-state index in [9.17, 15) is 4.79 Å². The molecule has 0 spiro atoms. The summed E-state index contributed by atoms with van der Waals surface area (Å²) in [5, 5.41) is 0. The van der Waals surface area contributed by atoms with Gasteiger partial charge in [-0.3, -0.25) is 4.79 Å². The van der Waals surface area contributed by atoms with Gasteiger partial charge in [0.1, 0.15) is 0 Å². The summed E-state index contributed by atoms with van der Waals surface area (Å²) in [6.07, 6.45) is 15.1. The molecule has 0 aromatic heterocycles. The van der Waals surface area contributed by atoms with Crippen LogP contribution in [0, 0.1) is 5.92 Å². The van der Waals surface area contributed by atoms with Crippen LogP contribution in [0.15, 0.2) is 0 Å². The van der Waals surface area contributed by atoms with E-state index in [0.29, 0.717) is 71.6 Å². The Hall–Kier alpha value is -0.690. The second-order valence-electron chi connectivity index (χ2n) is 9.14. The maximum atomic E-state index is 11.7. The number of ether oxygens (including phenoxy) is 5. The van der Waals surface area contributed by atoms with Gasteiger partial charge in [0, 0.05) is 19.6 Å². The Bertz CT molecular complexity index is 389. The molecule has 0 N–H and O–H groups in total. The van der Waals surface area contributed by atoms with Crippen molar-refractivity contribution in [3.63, 3.8) is 0 Å². The maximum absolute atomic E-state index is 11.7. The second-order valence-corrected chi connectivity index (χ2v) is 9.14. The lowest BCUT2D eigenvalue weighted by molar-refractivity contribution is -0.144. The molecule has 0 aliphatic carbocycles. The molecular weight excluding hydrogens is 420 g/mol. The summed E-state index contributed by atoms with van der Waals surface area (Å²) in [5.41, 5.74) is 0. The van der Waals surface area contributed by atoms with E-state index in [-0.39, 0.29) is 5.97 Å². The van der Waals surface area contributed by atoms with Crippen LogP contribution in [-0.4, -0.2) is 65.4 Å². The minimum atomic E-state index is -0.115. The quantitative estimate of drug-likeness (QED) is 0.102. The molecule has 6 nitrogen and oxygen atoms in total. The van der Waals surface area contributed by atoms with Crippen LogP contribution in [0.4, 0.5) is 0 Å². The van der Waals surface area contributed by atoms with Gasteiger partial charge in [-0.2, -0.15) is 0 Å². The molecule has 0 aliphatic rings. The van der Waals surface area contributed by atoms with Crippen LogP contribution >= 0.6 is 0 Å². The molecule has 0 rings (SSSR count). The monoisotopic (exact) mass is 474 g/mol. The summed E-state index contributed by atoms with van der Waals surface area (Å²) in [7, 11) is 0. The number of hydrogen-bond acceptors (Lipinski definition) is 6. The lowest BCUT2D eigenvalue weighted by Gasteiger charge is -2.08. The van der Waals surface area contributed by atoms with Gasteiger partial charge in [0.2, 0.25) is 0 Å². The zero-order valence-corrected chi connectivity index (χ0v) is 22.1. The summed E-state index contributed by atoms with van der Waals surface area (Å²) in [6, 6.07) is 0. The van der Waals surface area contributed by atoms with Crippen molar-refractivity contribution in [2.45, 2.75) is 104 Å². The number of unbranched alkanes of at least 4 members (excludes halogenated alkanes) is 9. The summed E-state index contributed by atoms with van der Waals surface area (Å²) < 4.78 is 27.2. The molecule has 0 saturated heterocycles. The zero-order valence-electron chi connectivity index (χ0n) is 22.1. The summed E-state index contributed by atoms with van der Waals surface area (Å²) in [6.45, 7) is 12.0. The van der Waals surface area contributed by atoms with Crippen molar-refractivity contribution in [1.29, 1.82) is 0 Å². The first kappa shape index (κ1) is 32.3. The second kappa shape index (κ2) is 27.6. The zero-order chi connectivity index (χ0) is 24.2. The van der Waals surface area contributed by atoms with Gasteiger partial charge in [0.25, 0.3) is 0 Å². The first-order chi connectivity index (χ1) is 16.2. The largest absolute Gasteiger partial charge is 0.466 e. The molecule has 0 aromatic carbocycles. The molecule has 0 fully saturated rings. The van der Waals surface area contributed by atoms with Crippen LogP contribution in [0.5, 0.6) is 0 Å². The van der Waals surface area contributed by atoms with E-state index in [0.717, 1.165) is 25.9 Å². The smallest absolute Gasteiger partial charge is 0.305 e. The standard InChI is InChI=1S/C27H54O6/c1-4-5-6-7-8-9-10-11-12-13-18-33-27(28)15-14-17-29-20-22-31-24-25-32-23-21-30-19-16-26(2)3/h26H,4-25H2,1-3H3. The molecular formula is C27H54O6. The predicted molar refractivity (Wildman–Crippen MR) is 135 cm³/mol. The third-order valence-electron chi connectivity index (χ3n) is 5.39. The fourth-order valence-electron chi connectivity index (χ4n) is 3.25. The van der Waals surface area contributed by atoms with Gasteiger partial charge in [-0.15, -0.1) is 0 Å². The maximum Gasteiger partial charge on any atom is 0.305 e. The average Bonchev–Trinajstić information content (AvgIpc) is 2.79. The number of esters is 1. The fraction of sp³-hybridized carbons (Fsp3) is 0.963. The highest BCUT2D eigenvalue weighted by Crippen LogP contribution is 2.10. The number of rotatable bonds is 27. The molecule has 0 atom stereocenters. The first-order valence-electron chi connectivity index (χ1n) is 13.6. The normalized spacial score (nSPS) is 11.4. The van der Waals surface area contributed by atoms with E-state index < -0.39 is 0 Å². The Morgan fingerprint density at radius 1 is 0.545 bits per heavy atom. The van der Waals surface area contributed by atoms with Crippen molar-refractivity contribution in [2.75, 3.05) is 59.5 Å². The van der Waals surface area contributed by atoms with E-state index >= 15 is 0 Å². The van der Waals surface area contributed by atoms with Crippen LogP contribution in [0.2, 0.25) is 0 Å². The summed E-state index contributed by atoms with van der Waals surface area (Å²) in [4.78, 5) is 11.7. The van der Waals surface area contributed by atoms with Crippen LogP contribution in [0.3, 0.4) is 0 Å². The van der Waals surface area contributed by atoms with Gasteiger partial charge in [-0.25, -0.2) is 0 Å². The molecule has 6 heteroatoms. The molecule has 0 saturated carbocycles. The highest BCUT2D eigenvalue weighted by Gasteiger charge is 2.03. The van der Waals surface area contributed by atoms with Crippen molar-refractivity contribution in [2.24, 2.45) is 5.92 Å². The van der Waals surface area contributed by atoms with Gasteiger partial charge in [-0.1, -0.05) is 78.6 Å². The van der Waals surface area contributed by atoms with E-state index in [1.165, 1.54) is 51.4 Å². The first-order valence-corrected chi connectivity index (χ1v) is 13.6. The van der Waals surface area contributed by atoms with Crippen molar-refractivity contribution in [3.8, 4) is 0 Å². The topological polar surface area (TPSA) is 63.2 Å². The number of hydrogen-bond donors (Lipinski definition) is 0. The molecule has 0 amide bonds. The van der Waals surface area contributed by atoms with Crippen molar-refractivity contribution < 1.29 is 28.5 Å². The van der Waals surface area contributed by atoms with Crippen molar-refractivity contribution in [1.82, 2.24) is 0 Å². The lowest BCUT2D eigenvalue weighted by atomic mass is 10.1. The predicted octanol–water partition coefficient (Wildman–Crippen LogP) is 6.34. The number of carbonyl (C=O) groups excluding carboxylic acids is 1. The third kappa shape index (κ3) is 29.3. The Morgan fingerprint density at radius 2 is 1.00 bits per heavy atom. The Kier molecular flexibility index (Phi) is 27.0. The Labute approximate surface area is 204 Å².